The summed E-state index contributed by atoms with van der Waals surface area (Å²) in [5.41, 5.74) is -3.27. The molecule has 10 nitrogen and oxygen atoms in total. The molecule has 5 atom stereocenters. The Bertz CT molecular complexity index is 926. The normalized spacial score (nSPS) is 28.1. The van der Waals surface area contributed by atoms with Gasteiger partial charge < -0.3 is 14.9 Å². The van der Waals surface area contributed by atoms with Crippen LogP contribution in [0.4, 0.5) is 0 Å². The zero-order valence-electron chi connectivity index (χ0n) is 14.2. The molecule has 0 bridgehead atoms. The van der Waals surface area contributed by atoms with E-state index in [0.717, 1.165) is 16.8 Å². The third-order valence-corrected chi connectivity index (χ3v) is 4.85. The minimum atomic E-state index is -2.54. The number of para-hydroxylation sites is 1. The summed E-state index contributed by atoms with van der Waals surface area (Å²) in [6.45, 7) is 0.925. The van der Waals surface area contributed by atoms with Crippen molar-refractivity contribution in [3.05, 3.63) is 63.4 Å². The average Bonchev–Trinajstić information content (AvgIpc) is 2.84. The SMILES string of the molecule is CC1(O)C(O)C(CO[P+](=O)Oc2ccccc2)OC1n1ccc(=O)[nH]c1=O. The highest BCUT2D eigenvalue weighted by molar-refractivity contribution is 7.33. The number of aliphatic hydroxyl groups excluding tert-OH is 1. The van der Waals surface area contributed by atoms with Gasteiger partial charge in [-0.3, -0.25) is 14.3 Å². The highest BCUT2D eigenvalue weighted by Crippen LogP contribution is 2.38. The molecule has 144 valence electrons. The molecule has 3 rings (SSSR count). The number of rotatable bonds is 6. The van der Waals surface area contributed by atoms with Gasteiger partial charge >= 0.3 is 13.9 Å². The van der Waals surface area contributed by atoms with Crippen molar-refractivity contribution in [2.75, 3.05) is 6.61 Å². The predicted octanol–water partition coefficient (Wildman–Crippen LogP) is 0.299. The Labute approximate surface area is 153 Å². The molecule has 1 aromatic carbocycles. The molecule has 27 heavy (non-hydrogen) atoms. The summed E-state index contributed by atoms with van der Waals surface area (Å²) < 4.78 is 28.5. The molecule has 1 fully saturated rings. The first kappa shape index (κ1) is 19.4. The quantitative estimate of drug-likeness (QED) is 0.591. The number of hydrogen-bond donors (Lipinski definition) is 3. The van der Waals surface area contributed by atoms with Gasteiger partial charge in [0.2, 0.25) is 0 Å². The van der Waals surface area contributed by atoms with Crippen molar-refractivity contribution in [2.45, 2.75) is 31.0 Å². The first-order chi connectivity index (χ1) is 12.8. The van der Waals surface area contributed by atoms with Crippen LogP contribution in [0.5, 0.6) is 5.75 Å². The van der Waals surface area contributed by atoms with Crippen LogP contribution >= 0.6 is 8.25 Å². The van der Waals surface area contributed by atoms with Crippen LogP contribution < -0.4 is 15.8 Å². The van der Waals surface area contributed by atoms with Crippen LogP contribution in [0.1, 0.15) is 13.2 Å². The maximum Gasteiger partial charge on any atom is 0.750 e. The molecule has 1 aliphatic rings. The first-order valence-electron chi connectivity index (χ1n) is 7.99. The molecule has 1 aliphatic heterocycles. The lowest BCUT2D eigenvalue weighted by molar-refractivity contribution is -0.0984. The molecule has 0 saturated carbocycles. The van der Waals surface area contributed by atoms with Gasteiger partial charge in [-0.05, 0) is 19.1 Å². The standard InChI is InChI=1S/C16H17N2O8P/c1-16(22)13(20)11(9-24-27(23)26-10-5-3-2-4-6-10)25-14(16)18-8-7-12(19)17-15(18)21/h2-8,11,13-14,20,22H,9H2,1H3/p+1. The second-order valence-corrected chi connectivity index (χ2v) is 7.03. The van der Waals surface area contributed by atoms with E-state index in [1.54, 1.807) is 30.3 Å². The van der Waals surface area contributed by atoms with Crippen LogP contribution in [-0.2, 0) is 13.8 Å². The maximum absolute atomic E-state index is 11.9. The van der Waals surface area contributed by atoms with Gasteiger partial charge in [-0.25, -0.2) is 9.32 Å². The Morgan fingerprint density at radius 2 is 2.00 bits per heavy atom. The summed E-state index contributed by atoms with van der Waals surface area (Å²) in [6.07, 6.45) is -2.66. The summed E-state index contributed by atoms with van der Waals surface area (Å²) in [7, 11) is -2.54. The molecule has 0 amide bonds. The van der Waals surface area contributed by atoms with Crippen molar-refractivity contribution in [1.29, 1.82) is 0 Å². The Hall–Kier alpha value is -2.36. The number of nitrogens with zero attached hydrogens (tertiary/aromatic N) is 1. The molecule has 3 N–H and O–H groups in total. The number of H-pyrrole nitrogens is 1. The fourth-order valence-corrected chi connectivity index (χ4v) is 3.33. The van der Waals surface area contributed by atoms with Gasteiger partial charge in [0.1, 0.15) is 24.4 Å². The second kappa shape index (κ2) is 7.71. The van der Waals surface area contributed by atoms with Crippen molar-refractivity contribution in [3.8, 4) is 5.75 Å². The number of aromatic amines is 1. The zero-order valence-corrected chi connectivity index (χ0v) is 15.1. The lowest BCUT2D eigenvalue weighted by Gasteiger charge is -2.27. The number of ether oxygens (including phenoxy) is 1. The van der Waals surface area contributed by atoms with Crippen molar-refractivity contribution >= 4 is 8.25 Å². The van der Waals surface area contributed by atoms with E-state index in [1.807, 2.05) is 4.98 Å². The van der Waals surface area contributed by atoms with Crippen LogP contribution in [0.2, 0.25) is 0 Å². The molecular formula is C16H18N2O8P+. The molecular weight excluding hydrogens is 379 g/mol. The molecule has 1 aromatic heterocycles. The van der Waals surface area contributed by atoms with E-state index in [0.29, 0.717) is 5.75 Å². The van der Waals surface area contributed by atoms with E-state index in [1.165, 1.54) is 6.92 Å². The number of aromatic nitrogens is 2. The van der Waals surface area contributed by atoms with Crippen molar-refractivity contribution < 1.29 is 28.6 Å². The lowest BCUT2D eigenvalue weighted by atomic mass is 9.96. The van der Waals surface area contributed by atoms with Gasteiger partial charge in [-0.2, -0.15) is 0 Å². The monoisotopic (exact) mass is 397 g/mol. The summed E-state index contributed by atoms with van der Waals surface area (Å²) in [5.74, 6) is 0.344. The molecule has 11 heteroatoms. The smallest absolute Gasteiger partial charge is 0.387 e. The minimum absolute atomic E-state index is 0.344. The summed E-state index contributed by atoms with van der Waals surface area (Å²) in [4.78, 5) is 25.2. The summed E-state index contributed by atoms with van der Waals surface area (Å²) in [6, 6.07) is 9.45. The topological polar surface area (TPSA) is 140 Å². The predicted molar refractivity (Wildman–Crippen MR) is 92.5 cm³/mol. The van der Waals surface area contributed by atoms with Gasteiger partial charge in [0.05, 0.1) is 0 Å². The first-order valence-corrected chi connectivity index (χ1v) is 9.09. The third kappa shape index (κ3) is 4.15. The van der Waals surface area contributed by atoms with E-state index < -0.39 is 43.5 Å². The fourth-order valence-electron chi connectivity index (χ4n) is 2.72. The Morgan fingerprint density at radius 1 is 1.30 bits per heavy atom. The summed E-state index contributed by atoms with van der Waals surface area (Å²) >= 11 is 0. The van der Waals surface area contributed by atoms with Crippen LogP contribution in [-0.4, -0.2) is 44.2 Å². The van der Waals surface area contributed by atoms with Crippen LogP contribution in [0.25, 0.3) is 0 Å². The van der Waals surface area contributed by atoms with E-state index >= 15 is 0 Å². The average molecular weight is 397 g/mol. The van der Waals surface area contributed by atoms with Crippen LogP contribution in [0.3, 0.4) is 0 Å². The Kier molecular flexibility index (Phi) is 5.54. The molecule has 0 radical (unpaired) electrons. The minimum Gasteiger partial charge on any atom is -0.387 e. The van der Waals surface area contributed by atoms with E-state index in [2.05, 4.69) is 0 Å². The van der Waals surface area contributed by atoms with Crippen molar-refractivity contribution in [3.63, 3.8) is 0 Å². The van der Waals surface area contributed by atoms with E-state index in [4.69, 9.17) is 13.8 Å². The molecule has 5 unspecified atom stereocenters. The molecule has 0 aliphatic carbocycles. The van der Waals surface area contributed by atoms with Crippen molar-refractivity contribution in [2.24, 2.45) is 0 Å². The van der Waals surface area contributed by atoms with E-state index in [9.17, 15) is 24.4 Å². The number of nitrogens with one attached hydrogen (secondary N) is 1. The molecule has 2 heterocycles. The van der Waals surface area contributed by atoms with E-state index in [-0.39, 0.29) is 6.61 Å². The highest BCUT2D eigenvalue weighted by atomic mass is 31.1. The molecule has 1 saturated heterocycles. The lowest BCUT2D eigenvalue weighted by Crippen LogP contribution is -2.46. The number of benzene rings is 1. The maximum atomic E-state index is 11.9. The van der Waals surface area contributed by atoms with Gasteiger partial charge in [0, 0.05) is 16.8 Å². The van der Waals surface area contributed by atoms with Gasteiger partial charge in [-0.15, -0.1) is 4.52 Å². The van der Waals surface area contributed by atoms with Gasteiger partial charge in [-0.1, -0.05) is 18.2 Å². The van der Waals surface area contributed by atoms with Gasteiger partial charge in [0.15, 0.2) is 12.0 Å². The Balaban J connectivity index is 1.68. The fraction of sp³-hybridized carbons (Fsp3) is 0.375. The molecule has 2 aromatic rings. The largest absolute Gasteiger partial charge is 0.750 e. The third-order valence-electron chi connectivity index (χ3n) is 4.13. The zero-order chi connectivity index (χ0) is 19.6. The highest BCUT2D eigenvalue weighted by Gasteiger charge is 2.54. The van der Waals surface area contributed by atoms with Crippen LogP contribution in [0.15, 0.2) is 52.2 Å². The number of hydrogen-bond acceptors (Lipinski definition) is 8. The Morgan fingerprint density at radius 3 is 2.67 bits per heavy atom. The van der Waals surface area contributed by atoms with Gasteiger partial charge in [0.25, 0.3) is 5.56 Å². The summed E-state index contributed by atoms with van der Waals surface area (Å²) in [5, 5.41) is 20.9. The van der Waals surface area contributed by atoms with Crippen molar-refractivity contribution in [1.82, 2.24) is 9.55 Å². The van der Waals surface area contributed by atoms with Crippen LogP contribution in [0, 0.1) is 0 Å². The second-order valence-electron chi connectivity index (χ2n) is 6.14. The number of aliphatic hydroxyl groups is 2. The molecule has 0 spiro atoms.